The summed E-state index contributed by atoms with van der Waals surface area (Å²) in [6, 6.07) is 2.49. The summed E-state index contributed by atoms with van der Waals surface area (Å²) in [7, 11) is 0. The Balaban J connectivity index is 1.95. The van der Waals surface area contributed by atoms with Gasteiger partial charge < -0.3 is 15.0 Å². The van der Waals surface area contributed by atoms with Gasteiger partial charge >= 0.3 is 0 Å². The van der Waals surface area contributed by atoms with Gasteiger partial charge in [-0.1, -0.05) is 20.8 Å². The number of anilines is 1. The first-order valence-corrected chi connectivity index (χ1v) is 8.13. The highest BCUT2D eigenvalue weighted by Crippen LogP contribution is 2.25. The Morgan fingerprint density at radius 1 is 1.43 bits per heavy atom. The summed E-state index contributed by atoms with van der Waals surface area (Å²) >= 11 is 0. The van der Waals surface area contributed by atoms with Gasteiger partial charge in [-0.2, -0.15) is 0 Å². The lowest BCUT2D eigenvalue weighted by atomic mass is 10.2. The van der Waals surface area contributed by atoms with Crippen LogP contribution in [0.3, 0.4) is 0 Å². The molecular formula is C16H28N4O. The molecule has 0 bridgehead atoms. The molecule has 1 N–H and O–H groups in total. The number of rotatable bonds is 8. The predicted molar refractivity (Wildman–Crippen MR) is 85.9 cm³/mol. The van der Waals surface area contributed by atoms with E-state index < -0.39 is 0 Å². The molecule has 0 spiro atoms. The number of nitrogens with zero attached hydrogens (tertiary/aromatic N) is 3. The van der Waals surface area contributed by atoms with E-state index >= 15 is 0 Å². The van der Waals surface area contributed by atoms with Crippen LogP contribution in [0.5, 0.6) is 5.88 Å². The summed E-state index contributed by atoms with van der Waals surface area (Å²) < 4.78 is 5.61. The van der Waals surface area contributed by atoms with Crippen molar-refractivity contribution in [1.82, 2.24) is 15.3 Å². The van der Waals surface area contributed by atoms with Crippen molar-refractivity contribution in [2.24, 2.45) is 5.92 Å². The first-order valence-electron chi connectivity index (χ1n) is 8.13. The minimum atomic E-state index is 0.526. The van der Waals surface area contributed by atoms with Crippen molar-refractivity contribution in [3.8, 4) is 5.88 Å². The topological polar surface area (TPSA) is 50.3 Å². The molecular weight excluding hydrogens is 264 g/mol. The van der Waals surface area contributed by atoms with Crippen LogP contribution in [0, 0.1) is 5.92 Å². The molecule has 5 heteroatoms. The van der Waals surface area contributed by atoms with Crippen molar-refractivity contribution in [2.75, 3.05) is 31.1 Å². The predicted octanol–water partition coefficient (Wildman–Crippen LogP) is 2.48. The molecule has 1 aliphatic heterocycles. The first kappa shape index (κ1) is 16.0. The van der Waals surface area contributed by atoms with E-state index in [1.807, 2.05) is 6.07 Å². The van der Waals surface area contributed by atoms with E-state index in [0.29, 0.717) is 24.4 Å². The quantitative estimate of drug-likeness (QED) is 0.797. The summed E-state index contributed by atoms with van der Waals surface area (Å²) in [6.07, 6.45) is 5.05. The fourth-order valence-electron chi connectivity index (χ4n) is 2.66. The molecule has 5 nitrogen and oxygen atoms in total. The minimum Gasteiger partial charge on any atom is -0.478 e. The van der Waals surface area contributed by atoms with E-state index in [0.717, 1.165) is 31.9 Å². The average molecular weight is 292 g/mol. The molecule has 0 saturated carbocycles. The van der Waals surface area contributed by atoms with E-state index in [9.17, 15) is 0 Å². The van der Waals surface area contributed by atoms with Gasteiger partial charge in [0.15, 0.2) is 0 Å². The maximum absolute atomic E-state index is 5.61. The Labute approximate surface area is 128 Å². The van der Waals surface area contributed by atoms with Gasteiger partial charge in [-0.15, -0.1) is 0 Å². The molecule has 1 aromatic heterocycles. The molecule has 1 aromatic rings. The van der Waals surface area contributed by atoms with Crippen LogP contribution < -0.4 is 15.0 Å². The zero-order valence-electron chi connectivity index (χ0n) is 13.5. The average Bonchev–Trinajstić information content (AvgIpc) is 2.93. The third kappa shape index (κ3) is 4.84. The Bertz CT molecular complexity index is 424. The van der Waals surface area contributed by atoms with Crippen LogP contribution in [0.2, 0.25) is 0 Å². The molecule has 0 aromatic carbocycles. The number of ether oxygens (including phenoxy) is 1. The summed E-state index contributed by atoms with van der Waals surface area (Å²) in [4.78, 5) is 11.0. The fourth-order valence-corrected chi connectivity index (χ4v) is 2.66. The largest absolute Gasteiger partial charge is 0.478 e. The molecule has 1 aliphatic rings. The number of aromatic nitrogens is 2. The monoisotopic (exact) mass is 292 g/mol. The van der Waals surface area contributed by atoms with Gasteiger partial charge in [-0.3, -0.25) is 0 Å². The van der Waals surface area contributed by atoms with E-state index in [2.05, 4.69) is 41.0 Å². The number of hydrogen-bond donors (Lipinski definition) is 1. The highest BCUT2D eigenvalue weighted by Gasteiger charge is 2.25. The third-order valence-electron chi connectivity index (χ3n) is 3.69. The minimum absolute atomic E-state index is 0.526. The van der Waals surface area contributed by atoms with Gasteiger partial charge in [0.2, 0.25) is 5.88 Å². The van der Waals surface area contributed by atoms with Gasteiger partial charge in [-0.25, -0.2) is 9.97 Å². The van der Waals surface area contributed by atoms with Crippen molar-refractivity contribution < 1.29 is 4.74 Å². The summed E-state index contributed by atoms with van der Waals surface area (Å²) in [6.45, 7) is 10.4. The van der Waals surface area contributed by atoms with Gasteiger partial charge in [0, 0.05) is 25.2 Å². The van der Waals surface area contributed by atoms with Crippen LogP contribution in [0.4, 0.5) is 5.82 Å². The zero-order valence-corrected chi connectivity index (χ0v) is 13.5. The smallest absolute Gasteiger partial charge is 0.218 e. The highest BCUT2D eigenvalue weighted by atomic mass is 16.5. The molecule has 0 amide bonds. The second-order valence-corrected chi connectivity index (χ2v) is 6.10. The Morgan fingerprint density at radius 2 is 2.29 bits per heavy atom. The standard InChI is InChI=1S/C16H28N4O/c1-4-8-21-16-9-15(18-12-19-16)20-7-5-6-14(20)11-17-10-13(2)3/h9,12-14,17H,4-8,10-11H2,1-3H3. The summed E-state index contributed by atoms with van der Waals surface area (Å²) in [5, 5.41) is 3.56. The lowest BCUT2D eigenvalue weighted by Gasteiger charge is -2.26. The van der Waals surface area contributed by atoms with Crippen LogP contribution in [0.25, 0.3) is 0 Å². The van der Waals surface area contributed by atoms with Crippen molar-refractivity contribution in [3.05, 3.63) is 12.4 Å². The van der Waals surface area contributed by atoms with E-state index in [-0.39, 0.29) is 0 Å². The van der Waals surface area contributed by atoms with Crippen LogP contribution in [-0.2, 0) is 0 Å². The van der Waals surface area contributed by atoms with Crippen molar-refractivity contribution in [2.45, 2.75) is 46.1 Å². The van der Waals surface area contributed by atoms with Crippen molar-refractivity contribution >= 4 is 5.82 Å². The Hall–Kier alpha value is -1.36. The lowest BCUT2D eigenvalue weighted by Crippen LogP contribution is -2.39. The van der Waals surface area contributed by atoms with Gasteiger partial charge in [-0.05, 0) is 31.7 Å². The van der Waals surface area contributed by atoms with Gasteiger partial charge in [0.1, 0.15) is 12.1 Å². The molecule has 2 rings (SSSR count). The molecule has 118 valence electrons. The highest BCUT2D eigenvalue weighted by molar-refractivity contribution is 5.43. The van der Waals surface area contributed by atoms with E-state index in [1.165, 1.54) is 12.8 Å². The fraction of sp³-hybridized carbons (Fsp3) is 0.750. The van der Waals surface area contributed by atoms with Crippen molar-refractivity contribution in [3.63, 3.8) is 0 Å². The maximum Gasteiger partial charge on any atom is 0.218 e. The van der Waals surface area contributed by atoms with Crippen LogP contribution >= 0.6 is 0 Å². The normalized spacial score (nSPS) is 18.5. The molecule has 2 heterocycles. The SMILES string of the molecule is CCCOc1cc(N2CCCC2CNCC(C)C)ncn1. The van der Waals surface area contributed by atoms with Crippen LogP contribution in [0.1, 0.15) is 40.0 Å². The zero-order chi connectivity index (χ0) is 15.1. The van der Waals surface area contributed by atoms with Gasteiger partial charge in [0.05, 0.1) is 6.61 Å². The van der Waals surface area contributed by atoms with Crippen LogP contribution in [-0.4, -0.2) is 42.3 Å². The molecule has 1 saturated heterocycles. The Morgan fingerprint density at radius 3 is 3.05 bits per heavy atom. The second kappa shape index (κ2) is 8.17. The molecule has 1 unspecified atom stereocenters. The number of nitrogens with one attached hydrogen (secondary N) is 1. The molecule has 0 radical (unpaired) electrons. The van der Waals surface area contributed by atoms with E-state index in [1.54, 1.807) is 6.33 Å². The van der Waals surface area contributed by atoms with Crippen LogP contribution in [0.15, 0.2) is 12.4 Å². The first-order chi connectivity index (χ1) is 10.2. The van der Waals surface area contributed by atoms with E-state index in [4.69, 9.17) is 4.74 Å². The van der Waals surface area contributed by atoms with Gasteiger partial charge in [0.25, 0.3) is 0 Å². The Kier molecular flexibility index (Phi) is 6.23. The summed E-state index contributed by atoms with van der Waals surface area (Å²) in [5.74, 6) is 2.36. The molecule has 1 fully saturated rings. The van der Waals surface area contributed by atoms with Crippen molar-refractivity contribution in [1.29, 1.82) is 0 Å². The third-order valence-corrected chi connectivity index (χ3v) is 3.69. The molecule has 0 aliphatic carbocycles. The molecule has 1 atom stereocenters. The lowest BCUT2D eigenvalue weighted by molar-refractivity contribution is 0.304. The number of hydrogen-bond acceptors (Lipinski definition) is 5. The molecule has 21 heavy (non-hydrogen) atoms. The maximum atomic E-state index is 5.61. The second-order valence-electron chi connectivity index (χ2n) is 6.10. The summed E-state index contributed by atoms with van der Waals surface area (Å²) in [5.41, 5.74) is 0.